The number of allylic oxidation sites excluding steroid dienone is 1. The first-order valence-electron chi connectivity index (χ1n) is 19.8. The SMILES string of the molecule is CC1(C)OC(=O)CC(=O)O1.COc1ccc2c(=O)cc[nH]c2c1.COc1cccc(CC=C2C(=O)OC(C)(C)OC2=O)c1.COc1cccc(N)c1.COc1cccc2[nH]ccc(=O)c12. The van der Waals surface area contributed by atoms with E-state index in [1.807, 2.05) is 54.6 Å². The van der Waals surface area contributed by atoms with E-state index in [4.69, 9.17) is 34.2 Å². The Morgan fingerprint density at radius 2 is 1.12 bits per heavy atom. The highest BCUT2D eigenvalue weighted by Gasteiger charge is 2.38. The van der Waals surface area contributed by atoms with Crippen molar-refractivity contribution < 1.29 is 57.1 Å². The van der Waals surface area contributed by atoms with Crippen LogP contribution < -0.4 is 35.5 Å². The summed E-state index contributed by atoms with van der Waals surface area (Å²) >= 11 is 0. The maximum absolute atomic E-state index is 11.7. The van der Waals surface area contributed by atoms with Crippen molar-refractivity contribution in [1.82, 2.24) is 9.97 Å². The van der Waals surface area contributed by atoms with Crippen LogP contribution in [0.5, 0.6) is 23.0 Å². The fourth-order valence-corrected chi connectivity index (χ4v) is 5.89. The summed E-state index contributed by atoms with van der Waals surface area (Å²) in [5.41, 5.74) is 8.63. The highest BCUT2D eigenvalue weighted by Crippen LogP contribution is 2.24. The summed E-state index contributed by atoms with van der Waals surface area (Å²) in [7, 11) is 6.35. The van der Waals surface area contributed by atoms with Gasteiger partial charge >= 0.3 is 23.9 Å². The van der Waals surface area contributed by atoms with Crippen molar-refractivity contribution in [1.29, 1.82) is 0 Å². The number of hydrogen-bond acceptors (Lipinski definition) is 15. The Labute approximate surface area is 374 Å². The molecule has 65 heavy (non-hydrogen) atoms. The molecule has 2 aliphatic rings. The van der Waals surface area contributed by atoms with Crippen molar-refractivity contribution in [2.24, 2.45) is 0 Å². The lowest BCUT2D eigenvalue weighted by Crippen LogP contribution is -2.41. The lowest BCUT2D eigenvalue weighted by atomic mass is 10.1. The molecule has 342 valence electrons. The molecule has 0 spiro atoms. The number of nitrogen functional groups attached to an aromatic ring is 1. The first-order chi connectivity index (χ1) is 30.9. The maximum atomic E-state index is 11.7. The summed E-state index contributed by atoms with van der Waals surface area (Å²) in [5, 5.41) is 1.29. The number of aromatic amines is 2. The molecular weight excluding hydrogens is 843 g/mol. The number of ether oxygens (including phenoxy) is 8. The molecule has 0 amide bonds. The second-order valence-corrected chi connectivity index (χ2v) is 14.6. The van der Waals surface area contributed by atoms with Crippen LogP contribution in [0.1, 0.15) is 39.7 Å². The van der Waals surface area contributed by atoms with Crippen LogP contribution in [-0.4, -0.2) is 73.9 Å². The number of benzene rings is 4. The van der Waals surface area contributed by atoms with Gasteiger partial charge in [0.25, 0.3) is 11.6 Å². The van der Waals surface area contributed by atoms with Gasteiger partial charge in [-0.2, -0.15) is 0 Å². The largest absolute Gasteiger partial charge is 0.497 e. The molecule has 6 aromatic rings. The quantitative estimate of drug-likeness (QED) is 0.0528. The van der Waals surface area contributed by atoms with E-state index in [9.17, 15) is 28.8 Å². The Balaban J connectivity index is 0.000000183. The Morgan fingerprint density at radius 3 is 1.69 bits per heavy atom. The zero-order valence-electron chi connectivity index (χ0n) is 37.2. The number of fused-ring (bicyclic) bond motifs is 2. The van der Waals surface area contributed by atoms with E-state index in [0.29, 0.717) is 22.9 Å². The zero-order chi connectivity index (χ0) is 47.7. The molecule has 0 radical (unpaired) electrons. The molecule has 0 bridgehead atoms. The zero-order valence-corrected chi connectivity index (χ0v) is 37.2. The third-order valence-electron chi connectivity index (χ3n) is 8.83. The third-order valence-corrected chi connectivity index (χ3v) is 8.83. The number of nitrogens with one attached hydrogen (secondary N) is 2. The summed E-state index contributed by atoms with van der Waals surface area (Å²) in [5.74, 6) is -1.78. The van der Waals surface area contributed by atoms with Gasteiger partial charge in [0.05, 0.1) is 44.9 Å². The van der Waals surface area contributed by atoms with Crippen LogP contribution >= 0.6 is 0 Å². The predicted octanol–water partition coefficient (Wildman–Crippen LogP) is 6.56. The molecule has 2 saturated heterocycles. The Kier molecular flexibility index (Phi) is 17.4. The smallest absolute Gasteiger partial charge is 0.348 e. The Bertz CT molecular complexity index is 2720. The molecule has 0 unspecified atom stereocenters. The number of carbonyl (C=O) groups excluding carboxylic acids is 4. The van der Waals surface area contributed by atoms with E-state index in [1.54, 1.807) is 71.2 Å². The first kappa shape index (κ1) is 49.6. The lowest BCUT2D eigenvalue weighted by Gasteiger charge is -2.29. The summed E-state index contributed by atoms with van der Waals surface area (Å²) in [6.07, 6.45) is 4.91. The monoisotopic (exact) mass is 893 g/mol. The molecule has 17 heteroatoms. The van der Waals surface area contributed by atoms with Gasteiger partial charge in [0, 0.05) is 75.4 Å². The number of pyridine rings is 2. The van der Waals surface area contributed by atoms with E-state index >= 15 is 0 Å². The fraction of sp³-hybridized carbons (Fsp3) is 0.250. The van der Waals surface area contributed by atoms with Crippen LogP contribution in [0, 0.1) is 0 Å². The minimum Gasteiger partial charge on any atom is -0.497 e. The molecule has 2 fully saturated rings. The van der Waals surface area contributed by atoms with Crippen molar-refractivity contribution >= 4 is 51.4 Å². The number of carbonyl (C=O) groups is 4. The van der Waals surface area contributed by atoms with Crippen molar-refractivity contribution in [3.05, 3.63) is 147 Å². The second kappa shape index (κ2) is 22.8. The van der Waals surface area contributed by atoms with Gasteiger partial charge in [-0.15, -0.1) is 0 Å². The Hall–Kier alpha value is -8.08. The van der Waals surface area contributed by atoms with Crippen molar-refractivity contribution in [2.45, 2.75) is 52.1 Å². The summed E-state index contributed by atoms with van der Waals surface area (Å²) in [4.78, 5) is 73.4. The number of esters is 4. The van der Waals surface area contributed by atoms with Crippen LogP contribution in [0.4, 0.5) is 5.69 Å². The minimum atomic E-state index is -1.21. The average Bonchev–Trinajstić information content (AvgIpc) is 3.25. The molecule has 0 saturated carbocycles. The van der Waals surface area contributed by atoms with Crippen molar-refractivity contribution in [3.8, 4) is 23.0 Å². The van der Waals surface area contributed by atoms with Gasteiger partial charge in [-0.05, 0) is 60.5 Å². The number of cyclic esters (lactones) is 4. The molecule has 2 aliphatic heterocycles. The van der Waals surface area contributed by atoms with Crippen LogP contribution in [0.25, 0.3) is 21.8 Å². The van der Waals surface area contributed by atoms with Gasteiger partial charge in [0.2, 0.25) is 0 Å². The molecular formula is C48H51N3O14. The summed E-state index contributed by atoms with van der Waals surface area (Å²) in [6, 6.07) is 28.5. The number of aromatic nitrogens is 2. The first-order valence-corrected chi connectivity index (χ1v) is 19.8. The molecule has 4 heterocycles. The topological polar surface area (TPSA) is 234 Å². The number of H-pyrrole nitrogens is 2. The van der Waals surface area contributed by atoms with Gasteiger partial charge in [0.1, 0.15) is 35.0 Å². The van der Waals surface area contributed by atoms with Crippen LogP contribution in [0.2, 0.25) is 0 Å². The summed E-state index contributed by atoms with van der Waals surface area (Å²) < 4.78 is 39.5. The molecule has 4 N–H and O–H groups in total. The van der Waals surface area contributed by atoms with E-state index in [1.165, 1.54) is 45.9 Å². The lowest BCUT2D eigenvalue weighted by molar-refractivity contribution is -0.231. The van der Waals surface area contributed by atoms with Gasteiger partial charge in [-0.1, -0.05) is 30.3 Å². The number of rotatable bonds is 6. The van der Waals surface area contributed by atoms with Gasteiger partial charge in [0.15, 0.2) is 10.9 Å². The maximum Gasteiger partial charge on any atom is 0.348 e. The fourth-order valence-electron chi connectivity index (χ4n) is 5.89. The third kappa shape index (κ3) is 15.1. The standard InChI is InChI=1S/C15H16O5.2C10H9NO2.C7H9NO.C6H8O4/c1-15(2)19-13(16)12(14(17)20-15)8-7-10-5-4-6-11(9-10)18-3;1-13-7-2-3-8-9(6-7)11-5-4-10(8)12;1-13-9-4-2-3-7-10(9)8(12)5-6-11-7;1-9-7-4-2-3-6(8)5-7;1-6(2)9-4(7)3-5(8)10-6/h4-6,8-9H,7H2,1-3H3;2*2-6H,1H3,(H,11,12);2-5H,8H2,1H3;3H2,1-2H3. The average molecular weight is 894 g/mol. The normalized spacial score (nSPS) is 14.2. The predicted molar refractivity (Wildman–Crippen MR) is 242 cm³/mol. The molecule has 0 aliphatic carbocycles. The number of anilines is 1. The minimum absolute atomic E-state index is 0.0220. The molecule has 2 aromatic heterocycles. The van der Waals surface area contributed by atoms with E-state index < -0.39 is 35.5 Å². The number of methoxy groups -OCH3 is 4. The van der Waals surface area contributed by atoms with Crippen molar-refractivity contribution in [3.63, 3.8) is 0 Å². The molecule has 4 aromatic carbocycles. The number of hydrogen-bond donors (Lipinski definition) is 3. The Morgan fingerprint density at radius 1 is 0.585 bits per heavy atom. The number of nitrogens with two attached hydrogens (primary N) is 1. The van der Waals surface area contributed by atoms with E-state index in [-0.39, 0.29) is 22.9 Å². The van der Waals surface area contributed by atoms with Crippen LogP contribution in [0.15, 0.2) is 131 Å². The highest BCUT2D eigenvalue weighted by atomic mass is 16.7. The van der Waals surface area contributed by atoms with Gasteiger partial charge in [-0.25, -0.2) is 9.59 Å². The highest BCUT2D eigenvalue weighted by molar-refractivity contribution is 6.15. The molecule has 0 atom stereocenters. The van der Waals surface area contributed by atoms with E-state index in [0.717, 1.165) is 39.5 Å². The molecule has 8 rings (SSSR count). The van der Waals surface area contributed by atoms with E-state index in [2.05, 4.69) is 19.4 Å². The molecule has 17 nitrogen and oxygen atoms in total. The van der Waals surface area contributed by atoms with Gasteiger partial charge < -0.3 is 53.6 Å². The van der Waals surface area contributed by atoms with Crippen LogP contribution in [0.3, 0.4) is 0 Å². The van der Waals surface area contributed by atoms with Crippen molar-refractivity contribution in [2.75, 3.05) is 34.2 Å². The summed E-state index contributed by atoms with van der Waals surface area (Å²) in [6.45, 7) is 6.06. The van der Waals surface area contributed by atoms with Crippen LogP contribution in [-0.2, 0) is 44.5 Å². The van der Waals surface area contributed by atoms with Gasteiger partial charge in [-0.3, -0.25) is 19.2 Å². The second-order valence-electron chi connectivity index (χ2n) is 14.6.